The molecule has 28 heavy (non-hydrogen) atoms. The van der Waals surface area contributed by atoms with Crippen molar-refractivity contribution in [3.63, 3.8) is 0 Å². The number of hydrogen-bond acceptors (Lipinski definition) is 2. The minimum Gasteiger partial charge on any atom is -0.487 e. The molecular weight excluding hydrogens is 419 g/mol. The van der Waals surface area contributed by atoms with Gasteiger partial charge in [0.15, 0.2) is 0 Å². The number of fused-ring (bicyclic) bond motifs is 1. The summed E-state index contributed by atoms with van der Waals surface area (Å²) in [5.41, 5.74) is 5.66. The Morgan fingerprint density at radius 2 is 1.79 bits per heavy atom. The zero-order valence-corrected chi connectivity index (χ0v) is 17.3. The molecule has 3 nitrogen and oxygen atoms in total. The molecule has 4 aromatic rings. The highest BCUT2D eigenvalue weighted by molar-refractivity contribution is 9.10. The number of aromatic nitrogens is 2. The van der Waals surface area contributed by atoms with Crippen molar-refractivity contribution in [1.29, 1.82) is 0 Å². The number of nitrogens with zero attached hydrogens (tertiary/aromatic N) is 2. The first-order valence-electron chi connectivity index (χ1n) is 9.09. The fourth-order valence-electron chi connectivity index (χ4n) is 3.37. The van der Waals surface area contributed by atoms with Gasteiger partial charge in [0, 0.05) is 28.0 Å². The van der Waals surface area contributed by atoms with E-state index in [-0.39, 0.29) is 5.82 Å². The summed E-state index contributed by atoms with van der Waals surface area (Å²) in [6.45, 7) is 4.97. The van der Waals surface area contributed by atoms with Gasteiger partial charge in [0.2, 0.25) is 0 Å². The highest BCUT2D eigenvalue weighted by Crippen LogP contribution is 2.32. The van der Waals surface area contributed by atoms with Crippen molar-refractivity contribution in [3.05, 3.63) is 93.5 Å². The first-order valence-corrected chi connectivity index (χ1v) is 9.89. The Bertz CT molecular complexity index is 1140. The Morgan fingerprint density at radius 1 is 1.04 bits per heavy atom. The molecule has 2 aromatic carbocycles. The van der Waals surface area contributed by atoms with Crippen LogP contribution in [0.25, 0.3) is 11.0 Å². The van der Waals surface area contributed by atoms with E-state index < -0.39 is 0 Å². The summed E-state index contributed by atoms with van der Waals surface area (Å²) in [5.74, 6) is 0.545. The number of benzene rings is 2. The molecule has 0 atom stereocenters. The number of halogens is 2. The summed E-state index contributed by atoms with van der Waals surface area (Å²) < 4.78 is 23.5. The van der Waals surface area contributed by atoms with Crippen LogP contribution in [-0.2, 0) is 13.2 Å². The van der Waals surface area contributed by atoms with Crippen LogP contribution in [0, 0.1) is 19.7 Å². The summed E-state index contributed by atoms with van der Waals surface area (Å²) in [6, 6.07) is 16.8. The Kier molecular flexibility index (Phi) is 5.18. The lowest BCUT2D eigenvalue weighted by Crippen LogP contribution is -2.05. The van der Waals surface area contributed by atoms with Crippen molar-refractivity contribution in [2.45, 2.75) is 27.0 Å². The molecule has 2 heterocycles. The van der Waals surface area contributed by atoms with Gasteiger partial charge in [-0.2, -0.15) is 0 Å². The molecule has 142 valence electrons. The highest BCUT2D eigenvalue weighted by Gasteiger charge is 2.17. The number of aryl methyl sites for hydroxylation is 1. The maximum absolute atomic E-state index is 14.3. The molecule has 5 heteroatoms. The smallest absolute Gasteiger partial charge is 0.147 e. The van der Waals surface area contributed by atoms with E-state index in [2.05, 4.69) is 25.5 Å². The van der Waals surface area contributed by atoms with Crippen LogP contribution in [0.1, 0.15) is 22.4 Å². The quantitative estimate of drug-likeness (QED) is 0.371. The zero-order valence-electron chi connectivity index (χ0n) is 15.7. The van der Waals surface area contributed by atoms with Gasteiger partial charge in [0.1, 0.15) is 23.7 Å². The molecular formula is C23H20BrFN2O. The van der Waals surface area contributed by atoms with Crippen LogP contribution in [0.5, 0.6) is 5.75 Å². The van der Waals surface area contributed by atoms with Crippen LogP contribution in [0.4, 0.5) is 4.39 Å². The van der Waals surface area contributed by atoms with Crippen LogP contribution in [0.3, 0.4) is 0 Å². The van der Waals surface area contributed by atoms with Crippen molar-refractivity contribution in [2.75, 3.05) is 0 Å². The van der Waals surface area contributed by atoms with E-state index in [0.717, 1.165) is 38.1 Å². The number of pyridine rings is 1. The van der Waals surface area contributed by atoms with Gasteiger partial charge in [-0.15, -0.1) is 0 Å². The third kappa shape index (κ3) is 3.54. The fraction of sp³-hybridized carbons (Fsp3) is 0.174. The van der Waals surface area contributed by atoms with E-state index in [1.165, 1.54) is 6.07 Å². The molecule has 0 saturated heterocycles. The molecule has 0 fully saturated rings. The zero-order chi connectivity index (χ0) is 19.7. The maximum Gasteiger partial charge on any atom is 0.147 e. The summed E-state index contributed by atoms with van der Waals surface area (Å²) in [7, 11) is 0. The fourth-order valence-corrected chi connectivity index (χ4v) is 3.63. The predicted octanol–water partition coefficient (Wildman–Crippen LogP) is 6.18. The normalized spacial score (nSPS) is 11.1. The van der Waals surface area contributed by atoms with Crippen molar-refractivity contribution in [3.8, 4) is 5.75 Å². The summed E-state index contributed by atoms with van der Waals surface area (Å²) in [5, 5.41) is 0. The van der Waals surface area contributed by atoms with Crippen molar-refractivity contribution >= 4 is 27.0 Å². The second kappa shape index (κ2) is 7.76. The first-order chi connectivity index (χ1) is 13.5. The molecule has 0 N–H and O–H groups in total. The summed E-state index contributed by atoms with van der Waals surface area (Å²) in [4.78, 5) is 4.55. The van der Waals surface area contributed by atoms with E-state index in [0.29, 0.717) is 18.7 Å². The van der Waals surface area contributed by atoms with Crippen molar-refractivity contribution < 1.29 is 9.13 Å². The van der Waals surface area contributed by atoms with Crippen molar-refractivity contribution in [1.82, 2.24) is 9.55 Å². The summed E-state index contributed by atoms with van der Waals surface area (Å²) in [6.07, 6.45) is 1.76. The first kappa shape index (κ1) is 18.7. The Hall–Kier alpha value is -2.66. The molecule has 0 radical (unpaired) electrons. The van der Waals surface area contributed by atoms with E-state index in [1.807, 2.05) is 56.3 Å². The van der Waals surface area contributed by atoms with Gasteiger partial charge < -0.3 is 9.30 Å². The Morgan fingerprint density at radius 3 is 2.54 bits per heavy atom. The van der Waals surface area contributed by atoms with Gasteiger partial charge in [0.05, 0.1) is 12.1 Å². The van der Waals surface area contributed by atoms with Gasteiger partial charge in [-0.1, -0.05) is 46.3 Å². The molecule has 0 spiro atoms. The average molecular weight is 439 g/mol. The largest absolute Gasteiger partial charge is 0.487 e. The standard InChI is InChI=1S/C23H20BrFN2O/c1-15-16(2)27(13-18-5-3-4-6-20(18)25)23-21(11-12-26-22(15)23)28-14-17-7-9-19(24)10-8-17/h3-12H,13-14H2,1-2H3. The van der Waals surface area contributed by atoms with E-state index >= 15 is 0 Å². The van der Waals surface area contributed by atoms with Gasteiger partial charge in [0.25, 0.3) is 0 Å². The molecule has 0 aliphatic heterocycles. The second-order valence-corrected chi connectivity index (χ2v) is 7.73. The SMILES string of the molecule is Cc1c(C)n(Cc2ccccc2F)c2c(OCc3ccc(Br)cc3)ccnc12. The molecule has 0 bridgehead atoms. The van der Waals surface area contributed by atoms with Crippen LogP contribution in [0.2, 0.25) is 0 Å². The topological polar surface area (TPSA) is 27.1 Å². The molecule has 0 aliphatic carbocycles. The maximum atomic E-state index is 14.3. The molecule has 0 saturated carbocycles. The van der Waals surface area contributed by atoms with Gasteiger partial charge in [-0.05, 0) is 43.2 Å². The molecule has 0 aliphatic rings. The third-order valence-corrected chi connectivity index (χ3v) is 5.58. The van der Waals surface area contributed by atoms with Crippen molar-refractivity contribution in [2.24, 2.45) is 0 Å². The number of hydrogen-bond donors (Lipinski definition) is 0. The van der Waals surface area contributed by atoms with Crippen LogP contribution in [0.15, 0.2) is 65.3 Å². The van der Waals surface area contributed by atoms with Gasteiger partial charge >= 0.3 is 0 Å². The van der Waals surface area contributed by atoms with E-state index in [9.17, 15) is 4.39 Å². The lowest BCUT2D eigenvalue weighted by molar-refractivity contribution is 0.308. The molecule has 0 amide bonds. The predicted molar refractivity (Wildman–Crippen MR) is 113 cm³/mol. The lowest BCUT2D eigenvalue weighted by atomic mass is 10.2. The van der Waals surface area contributed by atoms with Gasteiger partial charge in [-0.3, -0.25) is 4.98 Å². The van der Waals surface area contributed by atoms with E-state index in [1.54, 1.807) is 12.3 Å². The highest BCUT2D eigenvalue weighted by atomic mass is 79.9. The minimum atomic E-state index is -0.206. The molecule has 2 aromatic heterocycles. The van der Waals surface area contributed by atoms with Crippen LogP contribution >= 0.6 is 15.9 Å². The third-order valence-electron chi connectivity index (χ3n) is 5.05. The second-order valence-electron chi connectivity index (χ2n) is 6.81. The molecule has 4 rings (SSSR count). The Balaban J connectivity index is 1.74. The minimum absolute atomic E-state index is 0.206. The molecule has 0 unspecified atom stereocenters. The lowest BCUT2D eigenvalue weighted by Gasteiger charge is -2.13. The van der Waals surface area contributed by atoms with Crippen LogP contribution < -0.4 is 4.74 Å². The van der Waals surface area contributed by atoms with Crippen LogP contribution in [-0.4, -0.2) is 9.55 Å². The average Bonchev–Trinajstić information content (AvgIpc) is 2.95. The van der Waals surface area contributed by atoms with Gasteiger partial charge in [-0.25, -0.2) is 4.39 Å². The number of ether oxygens (including phenoxy) is 1. The number of rotatable bonds is 5. The summed E-state index contributed by atoms with van der Waals surface area (Å²) >= 11 is 3.45. The van der Waals surface area contributed by atoms with E-state index in [4.69, 9.17) is 4.74 Å². The Labute approximate surface area is 171 Å². The monoisotopic (exact) mass is 438 g/mol.